The number of likely N-dealkylation sites (tertiary alicyclic amines) is 1. The van der Waals surface area contributed by atoms with Gasteiger partial charge in [0.1, 0.15) is 10.8 Å². The maximum atomic E-state index is 13.5. The first-order valence-electron chi connectivity index (χ1n) is 13.2. The van der Waals surface area contributed by atoms with Crippen LogP contribution in [0.3, 0.4) is 0 Å². The van der Waals surface area contributed by atoms with Crippen molar-refractivity contribution in [3.8, 4) is 0 Å². The van der Waals surface area contributed by atoms with Gasteiger partial charge in [-0.3, -0.25) is 9.59 Å². The van der Waals surface area contributed by atoms with Crippen LogP contribution in [0.1, 0.15) is 68.7 Å². The molecule has 4 atom stereocenters. The van der Waals surface area contributed by atoms with E-state index in [-0.39, 0.29) is 29.7 Å². The Kier molecular flexibility index (Phi) is 8.16. The number of carbonyl (C=O) groups excluding carboxylic acids is 2. The lowest BCUT2D eigenvalue weighted by molar-refractivity contribution is 0.0733. The molecule has 0 unspecified atom stereocenters. The van der Waals surface area contributed by atoms with E-state index in [0.29, 0.717) is 24.1 Å². The summed E-state index contributed by atoms with van der Waals surface area (Å²) in [5, 5.41) is 20.4. The number of thiazole rings is 1. The Labute approximate surface area is 226 Å². The van der Waals surface area contributed by atoms with Crippen LogP contribution >= 0.6 is 11.3 Å². The van der Waals surface area contributed by atoms with Crippen molar-refractivity contribution in [3.63, 3.8) is 0 Å². The van der Waals surface area contributed by atoms with Crippen LogP contribution in [-0.2, 0) is 6.42 Å². The first kappa shape index (κ1) is 26.5. The Hall–Kier alpha value is -3.14. The van der Waals surface area contributed by atoms with Crippen molar-refractivity contribution in [1.29, 1.82) is 0 Å². The van der Waals surface area contributed by atoms with Gasteiger partial charge >= 0.3 is 0 Å². The van der Waals surface area contributed by atoms with Gasteiger partial charge in [0.15, 0.2) is 0 Å². The fourth-order valence-corrected chi connectivity index (χ4v) is 6.36. The maximum absolute atomic E-state index is 13.5. The zero-order valence-electron chi connectivity index (χ0n) is 21.4. The normalized spacial score (nSPS) is 20.9. The lowest BCUT2D eigenvalue weighted by Crippen LogP contribution is -2.52. The van der Waals surface area contributed by atoms with Gasteiger partial charge in [-0.05, 0) is 81.5 Å². The third-order valence-corrected chi connectivity index (χ3v) is 8.48. The molecule has 2 aromatic carbocycles. The van der Waals surface area contributed by atoms with Gasteiger partial charge in [-0.15, -0.1) is 11.3 Å². The van der Waals surface area contributed by atoms with Gasteiger partial charge in [0.25, 0.3) is 11.8 Å². The average molecular weight is 537 g/mol. The molecule has 0 bridgehead atoms. The summed E-state index contributed by atoms with van der Waals surface area (Å²) in [7, 11) is 0. The molecule has 2 fully saturated rings. The molecule has 2 saturated heterocycles. The highest BCUT2D eigenvalue weighted by molar-refractivity contribution is 7.09. The molecule has 2 aliphatic rings. The Morgan fingerprint density at radius 2 is 1.97 bits per heavy atom. The summed E-state index contributed by atoms with van der Waals surface area (Å²) in [6, 6.07) is 12.1. The van der Waals surface area contributed by atoms with Crippen molar-refractivity contribution < 1.29 is 19.1 Å². The number of hydrogen-bond donors (Lipinski definition) is 3. The lowest BCUT2D eigenvalue weighted by Gasteiger charge is -2.29. The number of hydrogen-bond acceptors (Lipinski definition) is 6. The fraction of sp³-hybridized carbons (Fsp3) is 0.414. The Morgan fingerprint density at radius 1 is 1.18 bits per heavy atom. The summed E-state index contributed by atoms with van der Waals surface area (Å²) in [5.74, 6) is -0.815. The van der Waals surface area contributed by atoms with Crippen molar-refractivity contribution in [2.24, 2.45) is 0 Å². The van der Waals surface area contributed by atoms with Crippen molar-refractivity contribution in [1.82, 2.24) is 20.5 Å². The number of rotatable bonds is 8. The van der Waals surface area contributed by atoms with E-state index in [1.165, 1.54) is 12.1 Å². The number of carbonyl (C=O) groups is 2. The van der Waals surface area contributed by atoms with E-state index in [1.807, 2.05) is 17.2 Å². The van der Waals surface area contributed by atoms with Crippen LogP contribution in [0.2, 0.25) is 0 Å². The van der Waals surface area contributed by atoms with Gasteiger partial charge in [0.05, 0.1) is 18.2 Å². The summed E-state index contributed by atoms with van der Waals surface area (Å²) in [4.78, 5) is 33.3. The van der Waals surface area contributed by atoms with Crippen LogP contribution < -0.4 is 10.6 Å². The van der Waals surface area contributed by atoms with E-state index in [4.69, 9.17) is 0 Å². The SMILES string of the molecule is Cc1csc([C@H]2CCCN2C(=O)c2cccc(C(=O)N[C@@H](Cc3ccc(F)cc3)[C@H](O)[C@H]3CCCN3)c2)n1. The molecule has 38 heavy (non-hydrogen) atoms. The van der Waals surface area contributed by atoms with Gasteiger partial charge in [0, 0.05) is 34.8 Å². The monoisotopic (exact) mass is 536 g/mol. The van der Waals surface area contributed by atoms with Crippen LogP contribution in [-0.4, -0.2) is 58.1 Å². The summed E-state index contributed by atoms with van der Waals surface area (Å²) in [6.07, 6.45) is 3.10. The number of aryl methyl sites for hydroxylation is 1. The van der Waals surface area contributed by atoms with Gasteiger partial charge in [-0.2, -0.15) is 0 Å². The number of nitrogens with zero attached hydrogens (tertiary/aromatic N) is 2. The smallest absolute Gasteiger partial charge is 0.254 e. The molecular weight excluding hydrogens is 503 g/mol. The predicted octanol–water partition coefficient (Wildman–Crippen LogP) is 4.02. The molecule has 2 aliphatic heterocycles. The molecule has 0 saturated carbocycles. The fourth-order valence-electron chi connectivity index (χ4n) is 5.42. The van der Waals surface area contributed by atoms with Crippen LogP contribution in [0.5, 0.6) is 0 Å². The summed E-state index contributed by atoms with van der Waals surface area (Å²) in [5.41, 5.74) is 2.57. The Bertz CT molecular complexity index is 1270. The van der Waals surface area contributed by atoms with E-state index in [1.54, 1.807) is 47.7 Å². The number of halogens is 1. The van der Waals surface area contributed by atoms with E-state index in [0.717, 1.165) is 48.5 Å². The number of aromatic nitrogens is 1. The Morgan fingerprint density at radius 3 is 2.68 bits per heavy atom. The molecule has 7 nitrogen and oxygen atoms in total. The molecular formula is C29H33FN4O3S. The third-order valence-electron chi connectivity index (χ3n) is 7.42. The summed E-state index contributed by atoms with van der Waals surface area (Å²) >= 11 is 1.57. The highest BCUT2D eigenvalue weighted by Gasteiger charge is 2.34. The zero-order chi connectivity index (χ0) is 26.6. The van der Waals surface area contributed by atoms with Crippen molar-refractivity contribution in [2.75, 3.05) is 13.1 Å². The minimum Gasteiger partial charge on any atom is -0.389 e. The third kappa shape index (κ3) is 5.95. The van der Waals surface area contributed by atoms with Crippen molar-refractivity contribution >= 4 is 23.2 Å². The Balaban J connectivity index is 1.32. The van der Waals surface area contributed by atoms with Crippen molar-refractivity contribution in [3.05, 3.63) is 87.1 Å². The van der Waals surface area contributed by atoms with E-state index >= 15 is 0 Å². The van der Waals surface area contributed by atoms with Gasteiger partial charge in [-0.1, -0.05) is 18.2 Å². The van der Waals surface area contributed by atoms with Crippen LogP contribution in [0.15, 0.2) is 53.9 Å². The quantitative estimate of drug-likeness (QED) is 0.404. The van der Waals surface area contributed by atoms with Gasteiger partial charge in [0.2, 0.25) is 0 Å². The molecule has 1 aromatic heterocycles. The highest BCUT2D eigenvalue weighted by Crippen LogP contribution is 2.34. The predicted molar refractivity (Wildman–Crippen MR) is 145 cm³/mol. The molecule has 0 radical (unpaired) electrons. The van der Waals surface area contributed by atoms with Crippen LogP contribution in [0.25, 0.3) is 0 Å². The molecule has 9 heteroatoms. The second-order valence-corrected chi connectivity index (χ2v) is 11.1. The molecule has 3 heterocycles. The number of amides is 2. The van der Waals surface area contributed by atoms with Gasteiger partial charge < -0.3 is 20.6 Å². The number of nitrogens with one attached hydrogen (secondary N) is 2. The topological polar surface area (TPSA) is 94.6 Å². The standard InChI is InChI=1S/C29H33FN4O3S/c1-18-17-38-28(32-18)25-8-4-14-34(25)29(37)21-6-2-5-20(16-21)27(36)33-24(26(35)23-7-3-13-31-23)15-19-9-11-22(30)12-10-19/h2,5-6,9-12,16-17,23-26,31,35H,3-4,7-8,13-15H2,1H3,(H,33,36)/t23-,24+,25-,26-/m1/s1. The zero-order valence-corrected chi connectivity index (χ0v) is 22.2. The van der Waals surface area contributed by atoms with E-state index in [2.05, 4.69) is 15.6 Å². The molecule has 3 aromatic rings. The second kappa shape index (κ2) is 11.7. The summed E-state index contributed by atoms with van der Waals surface area (Å²) in [6.45, 7) is 3.42. The average Bonchev–Trinajstić information content (AvgIpc) is 3.71. The largest absolute Gasteiger partial charge is 0.389 e. The van der Waals surface area contributed by atoms with E-state index < -0.39 is 12.1 Å². The van der Waals surface area contributed by atoms with Crippen LogP contribution in [0.4, 0.5) is 4.39 Å². The first-order valence-corrected chi connectivity index (χ1v) is 14.1. The number of aliphatic hydroxyl groups is 1. The highest BCUT2D eigenvalue weighted by atomic mass is 32.1. The molecule has 2 amide bonds. The maximum Gasteiger partial charge on any atom is 0.254 e. The second-order valence-electron chi connectivity index (χ2n) is 10.2. The molecule has 0 aliphatic carbocycles. The minimum atomic E-state index is -0.816. The van der Waals surface area contributed by atoms with Crippen LogP contribution in [0, 0.1) is 12.7 Å². The number of benzene rings is 2. The molecule has 5 rings (SSSR count). The lowest BCUT2D eigenvalue weighted by atomic mass is 9.95. The molecule has 3 N–H and O–H groups in total. The summed E-state index contributed by atoms with van der Waals surface area (Å²) < 4.78 is 13.4. The van der Waals surface area contributed by atoms with Gasteiger partial charge in [-0.25, -0.2) is 9.37 Å². The number of aliphatic hydroxyl groups excluding tert-OH is 1. The molecule has 0 spiro atoms. The minimum absolute atomic E-state index is 0.0483. The van der Waals surface area contributed by atoms with E-state index in [9.17, 15) is 19.1 Å². The first-order chi connectivity index (χ1) is 18.4. The van der Waals surface area contributed by atoms with Crippen molar-refractivity contribution in [2.45, 2.75) is 63.3 Å². The molecule has 200 valence electrons.